The van der Waals surface area contributed by atoms with E-state index in [0.717, 1.165) is 48.9 Å². The Morgan fingerprint density at radius 3 is 2.33 bits per heavy atom. The standard InChI is InChI=1S/C27H48O3/c1-17(16-28)6-5-7-18(2)21-10-11-22-20-9-8-19-14-24(29)25(30)15-27(19,4)23(20)12-13-26(21,22)3/h17-25,28-30H,5-16H2,1-4H3/t17-,18+,19-,20-,21+,22-,23-,24-,25-,26+,27-/m0/s1. The van der Waals surface area contributed by atoms with Crippen molar-refractivity contribution in [1.29, 1.82) is 0 Å². The minimum atomic E-state index is -0.518. The van der Waals surface area contributed by atoms with E-state index in [1.165, 1.54) is 51.4 Å². The molecular formula is C27H48O3. The first-order valence-corrected chi connectivity index (χ1v) is 13.2. The van der Waals surface area contributed by atoms with Gasteiger partial charge in [0.05, 0.1) is 12.2 Å². The lowest BCUT2D eigenvalue weighted by atomic mass is 9.44. The normalized spacial score (nSPS) is 50.3. The van der Waals surface area contributed by atoms with E-state index in [-0.39, 0.29) is 5.41 Å². The molecule has 4 saturated carbocycles. The van der Waals surface area contributed by atoms with Crippen LogP contribution < -0.4 is 0 Å². The van der Waals surface area contributed by atoms with Gasteiger partial charge in [0.25, 0.3) is 0 Å². The first-order chi connectivity index (χ1) is 14.2. The van der Waals surface area contributed by atoms with Crippen LogP contribution in [0.3, 0.4) is 0 Å². The lowest BCUT2D eigenvalue weighted by molar-refractivity contribution is -0.160. The van der Waals surface area contributed by atoms with Crippen LogP contribution in [-0.2, 0) is 0 Å². The van der Waals surface area contributed by atoms with Crippen LogP contribution in [0, 0.1) is 52.3 Å². The summed E-state index contributed by atoms with van der Waals surface area (Å²) < 4.78 is 0. The van der Waals surface area contributed by atoms with Crippen molar-refractivity contribution in [3.05, 3.63) is 0 Å². The van der Waals surface area contributed by atoms with Crippen molar-refractivity contribution in [2.45, 2.75) is 111 Å². The van der Waals surface area contributed by atoms with E-state index in [1.54, 1.807) is 0 Å². The molecule has 0 saturated heterocycles. The second-order valence-corrected chi connectivity index (χ2v) is 12.7. The quantitative estimate of drug-likeness (QED) is 0.538. The molecule has 3 N–H and O–H groups in total. The first kappa shape index (κ1) is 23.1. The predicted octanol–water partition coefficient (Wildman–Crippen LogP) is 5.41. The lowest BCUT2D eigenvalue weighted by Gasteiger charge is -2.61. The Labute approximate surface area is 185 Å². The van der Waals surface area contributed by atoms with Crippen molar-refractivity contribution in [1.82, 2.24) is 0 Å². The van der Waals surface area contributed by atoms with Gasteiger partial charge in [-0.15, -0.1) is 0 Å². The van der Waals surface area contributed by atoms with E-state index in [4.69, 9.17) is 0 Å². The number of hydrogen-bond acceptors (Lipinski definition) is 3. The molecule has 0 aliphatic heterocycles. The zero-order valence-corrected chi connectivity index (χ0v) is 20.0. The summed E-state index contributed by atoms with van der Waals surface area (Å²) in [5, 5.41) is 30.1. The maximum absolute atomic E-state index is 10.5. The molecule has 0 unspecified atom stereocenters. The topological polar surface area (TPSA) is 60.7 Å². The minimum Gasteiger partial charge on any atom is -0.396 e. The third-order valence-electron chi connectivity index (χ3n) is 11.1. The van der Waals surface area contributed by atoms with Gasteiger partial charge in [0.2, 0.25) is 0 Å². The molecule has 0 spiro atoms. The first-order valence-electron chi connectivity index (χ1n) is 13.2. The minimum absolute atomic E-state index is 0.229. The van der Waals surface area contributed by atoms with Gasteiger partial charge in [0, 0.05) is 6.61 Å². The zero-order valence-electron chi connectivity index (χ0n) is 20.0. The number of aliphatic hydroxyl groups is 3. The smallest absolute Gasteiger partial charge is 0.0804 e. The van der Waals surface area contributed by atoms with Gasteiger partial charge in [-0.2, -0.15) is 0 Å². The summed E-state index contributed by atoms with van der Waals surface area (Å²) >= 11 is 0. The zero-order chi connectivity index (χ0) is 21.7. The maximum atomic E-state index is 10.5. The fourth-order valence-corrected chi connectivity index (χ4v) is 9.33. The molecule has 3 nitrogen and oxygen atoms in total. The largest absolute Gasteiger partial charge is 0.396 e. The van der Waals surface area contributed by atoms with Gasteiger partial charge < -0.3 is 15.3 Å². The molecule has 4 fully saturated rings. The summed E-state index contributed by atoms with van der Waals surface area (Å²) in [4.78, 5) is 0. The number of hydrogen-bond donors (Lipinski definition) is 3. The van der Waals surface area contributed by atoms with Crippen molar-refractivity contribution in [3.63, 3.8) is 0 Å². The summed E-state index contributed by atoms with van der Waals surface area (Å²) in [7, 11) is 0. The molecule has 0 aromatic carbocycles. The molecule has 11 atom stereocenters. The van der Waals surface area contributed by atoms with Crippen molar-refractivity contribution < 1.29 is 15.3 Å². The Kier molecular flexibility index (Phi) is 6.66. The van der Waals surface area contributed by atoms with Crippen LogP contribution in [0.25, 0.3) is 0 Å². The lowest BCUT2D eigenvalue weighted by Crippen LogP contribution is -2.56. The number of rotatable bonds is 6. The van der Waals surface area contributed by atoms with Gasteiger partial charge in [-0.1, -0.05) is 40.5 Å². The van der Waals surface area contributed by atoms with Crippen LogP contribution in [0.4, 0.5) is 0 Å². The SMILES string of the molecule is C[C@H](CO)CCC[C@@H](C)[C@H]1CC[C@H]2[C@@H]3CC[C@H]4C[C@H](O)[C@@H](O)C[C@]4(C)[C@H]3CC[C@]12C. The Hall–Kier alpha value is -0.120. The Balaban J connectivity index is 1.45. The highest BCUT2D eigenvalue weighted by Gasteiger charge is 2.61. The number of aliphatic hydroxyl groups excluding tert-OH is 3. The molecular weight excluding hydrogens is 372 g/mol. The molecule has 4 aliphatic carbocycles. The molecule has 0 bridgehead atoms. The molecule has 0 aromatic rings. The number of fused-ring (bicyclic) bond motifs is 5. The second kappa shape index (κ2) is 8.67. The van der Waals surface area contributed by atoms with Crippen molar-refractivity contribution in [2.75, 3.05) is 6.61 Å². The van der Waals surface area contributed by atoms with Crippen molar-refractivity contribution >= 4 is 0 Å². The average Bonchev–Trinajstić information content (AvgIpc) is 3.06. The summed E-state index contributed by atoms with van der Waals surface area (Å²) in [6.07, 6.45) is 12.5. The molecule has 3 heteroatoms. The summed E-state index contributed by atoms with van der Waals surface area (Å²) in [6.45, 7) is 10.1. The van der Waals surface area contributed by atoms with Crippen LogP contribution >= 0.6 is 0 Å². The fourth-order valence-electron chi connectivity index (χ4n) is 9.33. The molecule has 4 rings (SSSR count). The highest BCUT2D eigenvalue weighted by Crippen LogP contribution is 2.68. The van der Waals surface area contributed by atoms with E-state index < -0.39 is 12.2 Å². The van der Waals surface area contributed by atoms with Crippen LogP contribution in [0.15, 0.2) is 0 Å². The Morgan fingerprint density at radius 2 is 1.60 bits per heavy atom. The molecule has 0 aromatic heterocycles. The van der Waals surface area contributed by atoms with Gasteiger partial charge in [0.1, 0.15) is 0 Å². The molecule has 0 radical (unpaired) electrons. The van der Waals surface area contributed by atoms with E-state index in [1.807, 2.05) is 0 Å². The van der Waals surface area contributed by atoms with Gasteiger partial charge in [-0.05, 0) is 110 Å². The summed E-state index contributed by atoms with van der Waals surface area (Å²) in [6, 6.07) is 0. The average molecular weight is 421 g/mol. The summed E-state index contributed by atoms with van der Waals surface area (Å²) in [5.41, 5.74) is 0.728. The predicted molar refractivity (Wildman–Crippen MR) is 122 cm³/mol. The molecule has 30 heavy (non-hydrogen) atoms. The van der Waals surface area contributed by atoms with Gasteiger partial charge >= 0.3 is 0 Å². The van der Waals surface area contributed by atoms with Gasteiger partial charge in [-0.25, -0.2) is 0 Å². The third-order valence-corrected chi connectivity index (χ3v) is 11.1. The van der Waals surface area contributed by atoms with E-state index in [2.05, 4.69) is 27.7 Å². The maximum Gasteiger partial charge on any atom is 0.0804 e. The van der Waals surface area contributed by atoms with Crippen molar-refractivity contribution in [3.8, 4) is 0 Å². The monoisotopic (exact) mass is 420 g/mol. The molecule has 174 valence electrons. The third kappa shape index (κ3) is 3.79. The molecule has 0 heterocycles. The van der Waals surface area contributed by atoms with E-state index in [9.17, 15) is 15.3 Å². The molecule has 0 amide bonds. The van der Waals surface area contributed by atoms with E-state index >= 15 is 0 Å². The van der Waals surface area contributed by atoms with Crippen molar-refractivity contribution in [2.24, 2.45) is 52.3 Å². The molecule has 4 aliphatic rings. The van der Waals surface area contributed by atoms with Gasteiger partial charge in [-0.3, -0.25) is 0 Å². The summed E-state index contributed by atoms with van der Waals surface area (Å²) in [5.74, 6) is 5.14. The van der Waals surface area contributed by atoms with Crippen LogP contribution in [0.2, 0.25) is 0 Å². The Bertz CT molecular complexity index is 593. The highest BCUT2D eigenvalue weighted by molar-refractivity contribution is 5.10. The second-order valence-electron chi connectivity index (χ2n) is 12.7. The fraction of sp³-hybridized carbons (Fsp3) is 1.00. The van der Waals surface area contributed by atoms with Crippen LogP contribution in [-0.4, -0.2) is 34.1 Å². The Morgan fingerprint density at radius 1 is 0.867 bits per heavy atom. The van der Waals surface area contributed by atoms with Gasteiger partial charge in [0.15, 0.2) is 0 Å². The van der Waals surface area contributed by atoms with Crippen LogP contribution in [0.5, 0.6) is 0 Å². The van der Waals surface area contributed by atoms with Crippen LogP contribution in [0.1, 0.15) is 98.3 Å². The van der Waals surface area contributed by atoms with E-state index in [0.29, 0.717) is 23.9 Å². The highest BCUT2D eigenvalue weighted by atomic mass is 16.3.